The molecule has 2 rings (SSSR count). The number of amides is 1. The molecule has 1 amide bonds. The van der Waals surface area contributed by atoms with Crippen LogP contribution in [0.3, 0.4) is 0 Å². The summed E-state index contributed by atoms with van der Waals surface area (Å²) in [6.07, 6.45) is -0.307. The first-order valence-corrected chi connectivity index (χ1v) is 6.84. The topological polar surface area (TPSA) is 184 Å². The Morgan fingerprint density at radius 3 is 2.61 bits per heavy atom. The van der Waals surface area contributed by atoms with Gasteiger partial charge in [0.15, 0.2) is 11.2 Å². The van der Waals surface area contributed by atoms with Crippen LogP contribution >= 0.6 is 0 Å². The number of rotatable bonds is 7. The van der Waals surface area contributed by atoms with Crippen molar-refractivity contribution in [3.63, 3.8) is 0 Å². The maximum atomic E-state index is 12.2. The third-order valence-electron chi connectivity index (χ3n) is 3.09. The standard InChI is InChI=1S/C12H17N7O4/c13-2-4-19(3-1-8(21)22)7(20)5-6-15-9-10(16-6)17-12(14)18-11(9)23/h1-5,13H2,(H,21,22)(H4,14,15,16,17,18,23). The molecule has 0 atom stereocenters. The molecule has 0 bridgehead atoms. The van der Waals surface area contributed by atoms with Crippen LogP contribution in [-0.4, -0.2) is 61.5 Å². The number of anilines is 1. The fraction of sp³-hybridized carbons (Fsp3) is 0.417. The van der Waals surface area contributed by atoms with Crippen LogP contribution in [0.4, 0.5) is 5.95 Å². The molecule has 0 saturated heterocycles. The summed E-state index contributed by atoms with van der Waals surface area (Å²) in [6.45, 7) is 0.499. The number of carbonyl (C=O) groups excluding carboxylic acids is 1. The van der Waals surface area contributed by atoms with E-state index in [-0.39, 0.29) is 61.3 Å². The van der Waals surface area contributed by atoms with Gasteiger partial charge in [-0.2, -0.15) is 4.98 Å². The molecule has 2 aromatic rings. The number of aromatic nitrogens is 4. The van der Waals surface area contributed by atoms with Gasteiger partial charge in [0.05, 0.1) is 12.8 Å². The molecule has 2 aromatic heterocycles. The van der Waals surface area contributed by atoms with Crippen LogP contribution in [0, 0.1) is 0 Å². The van der Waals surface area contributed by atoms with Crippen LogP contribution in [0.5, 0.6) is 0 Å². The van der Waals surface area contributed by atoms with Crippen molar-refractivity contribution < 1.29 is 14.7 Å². The lowest BCUT2D eigenvalue weighted by atomic mass is 10.3. The van der Waals surface area contributed by atoms with Crippen LogP contribution in [-0.2, 0) is 16.0 Å². The van der Waals surface area contributed by atoms with Gasteiger partial charge in [0.2, 0.25) is 11.9 Å². The summed E-state index contributed by atoms with van der Waals surface area (Å²) in [5.41, 5.74) is 10.6. The van der Waals surface area contributed by atoms with E-state index in [0.717, 1.165) is 0 Å². The Balaban J connectivity index is 2.15. The minimum absolute atomic E-state index is 0.0530. The summed E-state index contributed by atoms with van der Waals surface area (Å²) in [6, 6.07) is 0. The van der Waals surface area contributed by atoms with E-state index in [1.54, 1.807) is 0 Å². The Kier molecular flexibility index (Phi) is 4.91. The maximum absolute atomic E-state index is 12.2. The molecule has 11 nitrogen and oxygen atoms in total. The number of nitrogens with one attached hydrogen (secondary N) is 2. The smallest absolute Gasteiger partial charge is 0.305 e. The fourth-order valence-corrected chi connectivity index (χ4v) is 2.06. The fourth-order valence-electron chi connectivity index (χ4n) is 2.06. The number of hydrogen-bond acceptors (Lipinski definition) is 7. The third-order valence-corrected chi connectivity index (χ3v) is 3.09. The molecular weight excluding hydrogens is 306 g/mol. The van der Waals surface area contributed by atoms with Gasteiger partial charge in [-0.25, -0.2) is 4.98 Å². The maximum Gasteiger partial charge on any atom is 0.305 e. The van der Waals surface area contributed by atoms with Crippen molar-refractivity contribution in [2.45, 2.75) is 12.8 Å². The molecular formula is C12H17N7O4. The summed E-state index contributed by atoms with van der Waals surface area (Å²) < 4.78 is 0. The highest BCUT2D eigenvalue weighted by Crippen LogP contribution is 2.07. The monoisotopic (exact) mass is 323 g/mol. The number of aromatic amines is 2. The lowest BCUT2D eigenvalue weighted by Gasteiger charge is -2.20. The molecule has 0 unspecified atom stereocenters. The van der Waals surface area contributed by atoms with Gasteiger partial charge in [0, 0.05) is 19.6 Å². The summed E-state index contributed by atoms with van der Waals surface area (Å²) in [5.74, 6) is -1.18. The molecule has 7 N–H and O–H groups in total. The Morgan fingerprint density at radius 2 is 1.96 bits per heavy atom. The highest BCUT2D eigenvalue weighted by Gasteiger charge is 2.17. The minimum Gasteiger partial charge on any atom is -0.481 e. The molecule has 23 heavy (non-hydrogen) atoms. The predicted octanol–water partition coefficient (Wildman–Crippen LogP) is -1.97. The summed E-state index contributed by atoms with van der Waals surface area (Å²) >= 11 is 0. The molecule has 124 valence electrons. The first kappa shape index (κ1) is 16.4. The quantitative estimate of drug-likeness (QED) is 0.388. The summed E-state index contributed by atoms with van der Waals surface area (Å²) in [4.78, 5) is 48.8. The molecule has 2 heterocycles. The third kappa shape index (κ3) is 4.03. The zero-order valence-electron chi connectivity index (χ0n) is 12.2. The zero-order chi connectivity index (χ0) is 17.0. The average Bonchev–Trinajstić information content (AvgIpc) is 2.85. The molecule has 0 aliphatic rings. The zero-order valence-corrected chi connectivity index (χ0v) is 12.2. The highest BCUT2D eigenvalue weighted by molar-refractivity contribution is 5.80. The molecule has 0 spiro atoms. The Morgan fingerprint density at radius 1 is 1.22 bits per heavy atom. The SMILES string of the molecule is NCCN(CCC(=O)O)C(=O)Cc1nc2nc(N)[nH]c(=O)c2[nH]1. The molecule has 11 heteroatoms. The van der Waals surface area contributed by atoms with Gasteiger partial charge in [-0.05, 0) is 0 Å². The van der Waals surface area contributed by atoms with Crippen LogP contribution in [0.1, 0.15) is 12.2 Å². The van der Waals surface area contributed by atoms with Gasteiger partial charge in [0.1, 0.15) is 5.82 Å². The van der Waals surface area contributed by atoms with Crippen LogP contribution < -0.4 is 17.0 Å². The number of carboxylic acids is 1. The van der Waals surface area contributed by atoms with Crippen molar-refractivity contribution in [3.05, 3.63) is 16.2 Å². The Hall–Kier alpha value is -2.95. The van der Waals surface area contributed by atoms with Crippen LogP contribution in [0.2, 0.25) is 0 Å². The Bertz CT molecular complexity index is 781. The second-order valence-electron chi connectivity index (χ2n) is 4.82. The van der Waals surface area contributed by atoms with E-state index >= 15 is 0 Å². The van der Waals surface area contributed by atoms with Crippen molar-refractivity contribution >= 4 is 29.0 Å². The van der Waals surface area contributed by atoms with Gasteiger partial charge in [0.25, 0.3) is 5.56 Å². The molecule has 0 saturated carbocycles. The summed E-state index contributed by atoms with van der Waals surface area (Å²) in [5, 5.41) is 8.71. The number of nitrogen functional groups attached to an aromatic ring is 1. The van der Waals surface area contributed by atoms with E-state index in [1.165, 1.54) is 4.90 Å². The van der Waals surface area contributed by atoms with E-state index in [1.807, 2.05) is 0 Å². The van der Waals surface area contributed by atoms with E-state index < -0.39 is 11.5 Å². The van der Waals surface area contributed by atoms with Crippen molar-refractivity contribution in [2.24, 2.45) is 5.73 Å². The van der Waals surface area contributed by atoms with Crippen molar-refractivity contribution in [1.29, 1.82) is 0 Å². The Labute approximate surface area is 129 Å². The number of fused-ring (bicyclic) bond motifs is 1. The number of H-pyrrole nitrogens is 2. The van der Waals surface area contributed by atoms with Crippen LogP contribution in [0.15, 0.2) is 4.79 Å². The lowest BCUT2D eigenvalue weighted by molar-refractivity contribution is -0.138. The highest BCUT2D eigenvalue weighted by atomic mass is 16.4. The van der Waals surface area contributed by atoms with E-state index in [4.69, 9.17) is 16.6 Å². The first-order valence-electron chi connectivity index (χ1n) is 6.84. The molecule has 0 aromatic carbocycles. The molecule has 0 aliphatic heterocycles. The molecule has 0 aliphatic carbocycles. The van der Waals surface area contributed by atoms with Crippen molar-refractivity contribution in [2.75, 3.05) is 25.4 Å². The minimum atomic E-state index is -1.00. The summed E-state index contributed by atoms with van der Waals surface area (Å²) in [7, 11) is 0. The van der Waals surface area contributed by atoms with Crippen LogP contribution in [0.25, 0.3) is 11.2 Å². The van der Waals surface area contributed by atoms with E-state index in [9.17, 15) is 14.4 Å². The number of carbonyl (C=O) groups is 2. The van der Waals surface area contributed by atoms with Gasteiger partial charge >= 0.3 is 5.97 Å². The van der Waals surface area contributed by atoms with Gasteiger partial charge in [-0.1, -0.05) is 0 Å². The predicted molar refractivity (Wildman–Crippen MR) is 80.5 cm³/mol. The van der Waals surface area contributed by atoms with Gasteiger partial charge < -0.3 is 26.5 Å². The second-order valence-corrected chi connectivity index (χ2v) is 4.82. The first-order chi connectivity index (χ1) is 10.9. The largest absolute Gasteiger partial charge is 0.481 e. The second kappa shape index (κ2) is 6.87. The molecule has 0 fully saturated rings. The number of aliphatic carboxylic acids is 1. The van der Waals surface area contributed by atoms with E-state index in [2.05, 4.69) is 19.9 Å². The number of hydrogen-bond donors (Lipinski definition) is 5. The normalized spacial score (nSPS) is 10.8. The molecule has 0 radical (unpaired) electrons. The average molecular weight is 323 g/mol. The van der Waals surface area contributed by atoms with Gasteiger partial charge in [-0.3, -0.25) is 19.4 Å². The lowest BCUT2D eigenvalue weighted by Crippen LogP contribution is -2.38. The number of carboxylic acid groups (broad SMARTS) is 1. The number of imidazole rings is 1. The van der Waals surface area contributed by atoms with Crippen molar-refractivity contribution in [1.82, 2.24) is 24.8 Å². The van der Waals surface area contributed by atoms with Crippen molar-refractivity contribution in [3.8, 4) is 0 Å². The number of nitrogens with zero attached hydrogens (tertiary/aromatic N) is 3. The number of nitrogens with two attached hydrogens (primary N) is 2. The van der Waals surface area contributed by atoms with Gasteiger partial charge in [-0.15, -0.1) is 0 Å². The van der Waals surface area contributed by atoms with E-state index in [0.29, 0.717) is 0 Å².